The maximum absolute atomic E-state index is 11.4. The summed E-state index contributed by atoms with van der Waals surface area (Å²) in [6, 6.07) is 6.05. The molecule has 21 heavy (non-hydrogen) atoms. The van der Waals surface area contributed by atoms with Crippen molar-refractivity contribution in [1.29, 1.82) is 0 Å². The lowest BCUT2D eigenvalue weighted by Gasteiger charge is -2.39. The lowest BCUT2D eigenvalue weighted by atomic mass is 9.70. The van der Waals surface area contributed by atoms with E-state index in [0.29, 0.717) is 19.1 Å². The highest BCUT2D eigenvalue weighted by Crippen LogP contribution is 2.65. The van der Waals surface area contributed by atoms with Gasteiger partial charge >= 0.3 is 0 Å². The first-order chi connectivity index (χ1) is 10.3. The van der Waals surface area contributed by atoms with Crippen molar-refractivity contribution in [3.63, 3.8) is 0 Å². The Morgan fingerprint density at radius 1 is 1.05 bits per heavy atom. The highest BCUT2D eigenvalue weighted by molar-refractivity contribution is 5.46. The van der Waals surface area contributed by atoms with Gasteiger partial charge in [-0.3, -0.25) is 0 Å². The minimum Gasteiger partial charge on any atom is -0.486 e. The third-order valence-electron chi connectivity index (χ3n) is 6.53. The lowest BCUT2D eigenvalue weighted by molar-refractivity contribution is -0.0515. The molecule has 2 bridgehead atoms. The van der Waals surface area contributed by atoms with Gasteiger partial charge in [0, 0.05) is 0 Å². The molecule has 1 N–H and O–H groups in total. The van der Waals surface area contributed by atoms with E-state index in [-0.39, 0.29) is 0 Å². The van der Waals surface area contributed by atoms with Crippen molar-refractivity contribution < 1.29 is 14.6 Å². The molecule has 1 aromatic carbocycles. The van der Waals surface area contributed by atoms with Gasteiger partial charge in [0.05, 0.1) is 5.60 Å². The van der Waals surface area contributed by atoms with Crippen LogP contribution in [0.1, 0.15) is 37.7 Å². The van der Waals surface area contributed by atoms with Crippen molar-refractivity contribution in [2.45, 2.75) is 37.7 Å². The van der Waals surface area contributed by atoms with Gasteiger partial charge in [-0.25, -0.2) is 0 Å². The molecule has 1 heterocycles. The van der Waals surface area contributed by atoms with E-state index in [9.17, 15) is 5.11 Å². The van der Waals surface area contributed by atoms with E-state index >= 15 is 0 Å². The number of hydrogen-bond donors (Lipinski definition) is 1. The van der Waals surface area contributed by atoms with E-state index in [0.717, 1.165) is 41.2 Å². The van der Waals surface area contributed by atoms with E-state index in [2.05, 4.69) is 6.07 Å². The summed E-state index contributed by atoms with van der Waals surface area (Å²) in [5, 5.41) is 11.4. The van der Waals surface area contributed by atoms with E-state index < -0.39 is 5.60 Å². The molecule has 0 spiro atoms. The molecule has 3 fully saturated rings. The zero-order chi connectivity index (χ0) is 14.0. The van der Waals surface area contributed by atoms with E-state index in [1.807, 2.05) is 12.1 Å². The Kier molecular flexibility index (Phi) is 2.44. The Bertz CT molecular complexity index is 584. The summed E-state index contributed by atoms with van der Waals surface area (Å²) in [6.45, 7) is 1.22. The Morgan fingerprint density at radius 3 is 2.76 bits per heavy atom. The number of aliphatic hydroxyl groups is 1. The van der Waals surface area contributed by atoms with E-state index in [1.54, 1.807) is 0 Å². The van der Waals surface area contributed by atoms with Crippen molar-refractivity contribution in [3.05, 3.63) is 23.8 Å². The molecule has 5 atom stereocenters. The fourth-order valence-electron chi connectivity index (χ4n) is 5.76. The number of ether oxygens (including phenoxy) is 2. The van der Waals surface area contributed by atoms with Crippen LogP contribution >= 0.6 is 0 Å². The summed E-state index contributed by atoms with van der Waals surface area (Å²) in [7, 11) is 0. The summed E-state index contributed by atoms with van der Waals surface area (Å²) < 4.78 is 11.3. The standard InChI is InChI=1S/C18H22O3/c19-18(10-11-8-15(18)14-3-1-2-13(11)14)12-4-5-16-17(9-12)21-7-6-20-16/h4-5,9,11,13-15,19H,1-3,6-8,10H2. The highest BCUT2D eigenvalue weighted by atomic mass is 16.6. The summed E-state index contributed by atoms with van der Waals surface area (Å²) in [6.07, 6.45) is 6.24. The minimum atomic E-state index is -0.633. The van der Waals surface area contributed by atoms with Crippen LogP contribution in [0.3, 0.4) is 0 Å². The first-order valence-electron chi connectivity index (χ1n) is 8.38. The third-order valence-corrected chi connectivity index (χ3v) is 6.53. The van der Waals surface area contributed by atoms with Crippen LogP contribution in [0, 0.1) is 23.7 Å². The van der Waals surface area contributed by atoms with Crippen LogP contribution in [-0.4, -0.2) is 18.3 Å². The molecule has 5 rings (SSSR count). The van der Waals surface area contributed by atoms with Gasteiger partial charge < -0.3 is 14.6 Å². The predicted octanol–water partition coefficient (Wildman–Crippen LogP) is 3.10. The van der Waals surface area contributed by atoms with Crippen molar-refractivity contribution in [3.8, 4) is 11.5 Å². The summed E-state index contributed by atoms with van der Waals surface area (Å²) in [5.41, 5.74) is 0.413. The molecule has 1 aromatic rings. The normalized spacial score (nSPS) is 43.1. The van der Waals surface area contributed by atoms with Crippen molar-refractivity contribution in [1.82, 2.24) is 0 Å². The Balaban J connectivity index is 1.52. The number of benzene rings is 1. The first kappa shape index (κ1) is 12.3. The van der Waals surface area contributed by atoms with Crippen LogP contribution in [0.4, 0.5) is 0 Å². The van der Waals surface area contributed by atoms with Gasteiger partial charge in [0.2, 0.25) is 0 Å². The zero-order valence-electron chi connectivity index (χ0n) is 12.3. The quantitative estimate of drug-likeness (QED) is 0.862. The van der Waals surface area contributed by atoms with Crippen LogP contribution in [0.2, 0.25) is 0 Å². The average molecular weight is 286 g/mol. The molecular formula is C18H22O3. The van der Waals surface area contributed by atoms with E-state index in [4.69, 9.17) is 9.47 Å². The van der Waals surface area contributed by atoms with Gasteiger partial charge in [0.25, 0.3) is 0 Å². The second kappa shape index (κ2) is 4.16. The van der Waals surface area contributed by atoms with Gasteiger partial charge in [-0.05, 0) is 67.1 Å². The smallest absolute Gasteiger partial charge is 0.161 e. The molecule has 0 amide bonds. The SMILES string of the molecule is OC1(c2ccc3c(c2)OCCO3)CC2CC1C1CCCC21. The van der Waals surface area contributed by atoms with E-state index in [1.165, 1.54) is 25.7 Å². The molecule has 5 unspecified atom stereocenters. The summed E-state index contributed by atoms with van der Waals surface area (Å²) >= 11 is 0. The molecule has 0 saturated heterocycles. The Labute approximate surface area is 125 Å². The van der Waals surface area contributed by atoms with Crippen LogP contribution in [-0.2, 0) is 5.60 Å². The molecule has 1 aliphatic heterocycles. The van der Waals surface area contributed by atoms with Gasteiger partial charge in [0.1, 0.15) is 13.2 Å². The molecule has 3 heteroatoms. The number of hydrogen-bond acceptors (Lipinski definition) is 3. The molecule has 0 radical (unpaired) electrons. The largest absolute Gasteiger partial charge is 0.486 e. The number of fused-ring (bicyclic) bond motifs is 6. The molecule has 4 aliphatic rings. The minimum absolute atomic E-state index is 0.456. The Hall–Kier alpha value is -1.22. The maximum atomic E-state index is 11.4. The predicted molar refractivity (Wildman–Crippen MR) is 78.4 cm³/mol. The second-order valence-electron chi connectivity index (χ2n) is 7.35. The molecule has 3 aliphatic carbocycles. The molecule has 3 nitrogen and oxygen atoms in total. The van der Waals surface area contributed by atoms with Gasteiger partial charge in [-0.15, -0.1) is 0 Å². The third kappa shape index (κ3) is 1.58. The van der Waals surface area contributed by atoms with Gasteiger partial charge in [-0.2, -0.15) is 0 Å². The van der Waals surface area contributed by atoms with Crippen molar-refractivity contribution in [2.75, 3.05) is 13.2 Å². The van der Waals surface area contributed by atoms with Crippen LogP contribution < -0.4 is 9.47 Å². The van der Waals surface area contributed by atoms with Crippen LogP contribution in [0.15, 0.2) is 18.2 Å². The summed E-state index contributed by atoms with van der Waals surface area (Å²) in [4.78, 5) is 0. The molecular weight excluding hydrogens is 264 g/mol. The molecule has 112 valence electrons. The van der Waals surface area contributed by atoms with Gasteiger partial charge in [-0.1, -0.05) is 12.5 Å². The fraction of sp³-hybridized carbons (Fsp3) is 0.667. The number of rotatable bonds is 1. The topological polar surface area (TPSA) is 38.7 Å². The molecule has 3 saturated carbocycles. The average Bonchev–Trinajstić information content (AvgIpc) is 3.18. The van der Waals surface area contributed by atoms with Crippen LogP contribution in [0.25, 0.3) is 0 Å². The lowest BCUT2D eigenvalue weighted by Crippen LogP contribution is -2.39. The Morgan fingerprint density at radius 2 is 1.86 bits per heavy atom. The first-order valence-corrected chi connectivity index (χ1v) is 8.38. The van der Waals surface area contributed by atoms with Crippen LogP contribution in [0.5, 0.6) is 11.5 Å². The maximum Gasteiger partial charge on any atom is 0.161 e. The monoisotopic (exact) mass is 286 g/mol. The molecule has 0 aromatic heterocycles. The highest BCUT2D eigenvalue weighted by Gasteiger charge is 2.60. The second-order valence-corrected chi connectivity index (χ2v) is 7.35. The van der Waals surface area contributed by atoms with Crippen molar-refractivity contribution in [2.24, 2.45) is 23.7 Å². The fourth-order valence-corrected chi connectivity index (χ4v) is 5.76. The van der Waals surface area contributed by atoms with Gasteiger partial charge in [0.15, 0.2) is 11.5 Å². The summed E-state index contributed by atoms with van der Waals surface area (Å²) in [5.74, 6) is 4.46. The zero-order valence-corrected chi connectivity index (χ0v) is 12.3. The van der Waals surface area contributed by atoms with Crippen molar-refractivity contribution >= 4 is 0 Å².